The lowest BCUT2D eigenvalue weighted by Gasteiger charge is -2.21. The molecule has 35 heavy (non-hydrogen) atoms. The highest BCUT2D eigenvalue weighted by atomic mass is 32.1. The van der Waals surface area contributed by atoms with Crippen molar-refractivity contribution in [3.8, 4) is 0 Å². The molecule has 2 heterocycles. The van der Waals surface area contributed by atoms with E-state index in [0.717, 1.165) is 32.1 Å². The first-order valence-electron chi connectivity index (χ1n) is 10.2. The third-order valence-electron chi connectivity index (χ3n) is 5.45. The van der Waals surface area contributed by atoms with Crippen molar-refractivity contribution in [2.24, 2.45) is 0 Å². The Morgan fingerprint density at radius 1 is 0.971 bits per heavy atom. The van der Waals surface area contributed by atoms with Crippen LogP contribution in [0, 0.1) is 13.8 Å². The van der Waals surface area contributed by atoms with E-state index in [2.05, 4.69) is 9.97 Å². The molecule has 2 aromatic heterocycles. The quantitative estimate of drug-likeness (QED) is 0.274. The molecule has 0 bridgehead atoms. The van der Waals surface area contributed by atoms with E-state index in [0.29, 0.717) is 23.2 Å². The largest absolute Gasteiger partial charge is 0.416 e. The number of halogens is 6. The Morgan fingerprint density at radius 3 is 2.20 bits per heavy atom. The Balaban J connectivity index is 1.87. The topological polar surface area (TPSA) is 46.1 Å². The molecule has 0 fully saturated rings. The van der Waals surface area contributed by atoms with Gasteiger partial charge in [0, 0.05) is 18.0 Å². The van der Waals surface area contributed by atoms with Crippen molar-refractivity contribution in [1.29, 1.82) is 0 Å². The minimum absolute atomic E-state index is 0.00788. The number of rotatable bonds is 4. The zero-order chi connectivity index (χ0) is 25.5. The maximum Gasteiger partial charge on any atom is 0.416 e. The molecule has 11 heteroatoms. The van der Waals surface area contributed by atoms with E-state index in [9.17, 15) is 31.1 Å². The minimum Gasteiger partial charge on any atom is -0.279 e. The van der Waals surface area contributed by atoms with E-state index in [1.807, 2.05) is 19.9 Å². The van der Waals surface area contributed by atoms with Crippen LogP contribution in [0.1, 0.15) is 38.2 Å². The van der Waals surface area contributed by atoms with Gasteiger partial charge in [-0.3, -0.25) is 14.7 Å². The van der Waals surface area contributed by atoms with Crippen molar-refractivity contribution in [2.75, 3.05) is 4.90 Å². The normalized spacial score (nSPS) is 12.2. The van der Waals surface area contributed by atoms with Crippen molar-refractivity contribution >= 4 is 32.6 Å². The number of alkyl halides is 6. The summed E-state index contributed by atoms with van der Waals surface area (Å²) in [6, 6.07) is 7.77. The Labute approximate surface area is 199 Å². The summed E-state index contributed by atoms with van der Waals surface area (Å²) in [4.78, 5) is 23.0. The minimum atomic E-state index is -5.07. The number of aromatic nitrogens is 2. The number of anilines is 1. The zero-order valence-electron chi connectivity index (χ0n) is 18.3. The molecule has 0 atom stereocenters. The van der Waals surface area contributed by atoms with Gasteiger partial charge in [-0.15, -0.1) is 0 Å². The monoisotopic (exact) mass is 509 g/mol. The van der Waals surface area contributed by atoms with Crippen LogP contribution >= 0.6 is 11.3 Å². The van der Waals surface area contributed by atoms with Gasteiger partial charge in [-0.25, -0.2) is 4.98 Å². The molecular weight excluding hydrogens is 492 g/mol. The van der Waals surface area contributed by atoms with E-state index >= 15 is 0 Å². The lowest BCUT2D eigenvalue weighted by Crippen LogP contribution is -2.31. The van der Waals surface area contributed by atoms with Gasteiger partial charge in [-0.05, 0) is 60.9 Å². The highest BCUT2D eigenvalue weighted by molar-refractivity contribution is 7.22. The summed E-state index contributed by atoms with van der Waals surface area (Å²) in [6.45, 7) is 3.58. The van der Waals surface area contributed by atoms with E-state index < -0.39 is 35.0 Å². The molecule has 4 aromatic rings. The van der Waals surface area contributed by atoms with Gasteiger partial charge in [0.25, 0.3) is 5.91 Å². The second-order valence-electron chi connectivity index (χ2n) is 7.90. The summed E-state index contributed by atoms with van der Waals surface area (Å²) < 4.78 is 81.0. The lowest BCUT2D eigenvalue weighted by atomic mass is 10.0. The number of pyridine rings is 1. The van der Waals surface area contributed by atoms with Gasteiger partial charge in [0.1, 0.15) is 0 Å². The summed E-state index contributed by atoms with van der Waals surface area (Å²) in [5, 5.41) is 0.147. The summed E-state index contributed by atoms with van der Waals surface area (Å²) in [5.74, 6) is -1.04. The van der Waals surface area contributed by atoms with Crippen LogP contribution in [0.3, 0.4) is 0 Å². The molecule has 4 nitrogen and oxygen atoms in total. The van der Waals surface area contributed by atoms with Crippen LogP contribution in [0.5, 0.6) is 0 Å². The molecular formula is C24H17F6N3OS. The van der Waals surface area contributed by atoms with E-state index in [4.69, 9.17) is 0 Å². The predicted molar refractivity (Wildman–Crippen MR) is 120 cm³/mol. The first kappa shape index (κ1) is 24.6. The molecule has 0 aliphatic carbocycles. The molecule has 1 amide bonds. The molecule has 2 aromatic carbocycles. The highest BCUT2D eigenvalue weighted by Crippen LogP contribution is 2.38. The smallest absolute Gasteiger partial charge is 0.279 e. The number of carbonyl (C=O) groups excluding carboxylic acids is 1. The number of fused-ring (bicyclic) bond motifs is 1. The number of amides is 1. The van der Waals surface area contributed by atoms with Gasteiger partial charge in [0.05, 0.1) is 27.9 Å². The first-order valence-corrected chi connectivity index (χ1v) is 11.0. The summed E-state index contributed by atoms with van der Waals surface area (Å²) in [7, 11) is 0. The Morgan fingerprint density at radius 2 is 1.63 bits per heavy atom. The third-order valence-corrected chi connectivity index (χ3v) is 6.49. The van der Waals surface area contributed by atoms with Crippen LogP contribution in [0.2, 0.25) is 0 Å². The molecule has 4 rings (SSSR count). The van der Waals surface area contributed by atoms with Gasteiger partial charge in [0.2, 0.25) is 0 Å². The lowest BCUT2D eigenvalue weighted by molar-refractivity contribution is -0.143. The van der Waals surface area contributed by atoms with Gasteiger partial charge >= 0.3 is 12.4 Å². The second-order valence-corrected chi connectivity index (χ2v) is 8.91. The summed E-state index contributed by atoms with van der Waals surface area (Å²) in [5.41, 5.74) is -0.932. The van der Waals surface area contributed by atoms with E-state index in [1.54, 1.807) is 18.2 Å². The molecule has 0 aliphatic heterocycles. The van der Waals surface area contributed by atoms with Crippen molar-refractivity contribution < 1.29 is 31.1 Å². The maximum absolute atomic E-state index is 13.5. The predicted octanol–water partition coefficient (Wildman–Crippen LogP) is 7.19. The Bertz CT molecular complexity index is 1360. The fourth-order valence-corrected chi connectivity index (χ4v) is 4.49. The third kappa shape index (κ3) is 5.14. The number of hydrogen-bond acceptors (Lipinski definition) is 4. The molecule has 182 valence electrons. The first-order chi connectivity index (χ1) is 16.3. The van der Waals surface area contributed by atoms with Crippen LogP contribution in [0.15, 0.2) is 54.9 Å². The number of aryl methyl sites for hydroxylation is 2. The fourth-order valence-electron chi connectivity index (χ4n) is 3.46. The van der Waals surface area contributed by atoms with Gasteiger partial charge < -0.3 is 0 Å². The molecule has 0 N–H and O–H groups in total. The molecule has 0 saturated carbocycles. The van der Waals surface area contributed by atoms with Crippen LogP contribution in [-0.4, -0.2) is 15.9 Å². The standard InChI is InChI=1S/C24H17F6N3OS/c1-13-5-6-19-20(14(13)2)32-22(35-19)33(12-15-4-3-7-31-11-15)21(34)16-8-17(23(25,26)27)10-18(9-16)24(28,29)30/h3-11H,12H2,1-2H3. The molecule has 0 aliphatic rings. The van der Waals surface area contributed by atoms with Crippen LogP contribution < -0.4 is 4.90 Å². The van der Waals surface area contributed by atoms with E-state index in [1.165, 1.54) is 12.4 Å². The molecule has 0 unspecified atom stereocenters. The molecule has 0 saturated heterocycles. The maximum atomic E-state index is 13.5. The summed E-state index contributed by atoms with van der Waals surface area (Å²) >= 11 is 1.12. The SMILES string of the molecule is Cc1ccc2sc(N(Cc3cccnc3)C(=O)c3cc(C(F)(F)F)cc(C(F)(F)F)c3)nc2c1C. The number of thiazole rings is 1. The van der Waals surface area contributed by atoms with Crippen molar-refractivity contribution in [2.45, 2.75) is 32.7 Å². The Hall–Kier alpha value is -3.47. The molecule has 0 radical (unpaired) electrons. The molecule has 0 spiro atoms. The van der Waals surface area contributed by atoms with Crippen molar-refractivity contribution in [3.63, 3.8) is 0 Å². The van der Waals surface area contributed by atoms with Gasteiger partial charge in [-0.1, -0.05) is 23.5 Å². The second kappa shape index (κ2) is 8.95. The number of carbonyl (C=O) groups is 1. The Kier molecular flexibility index (Phi) is 6.31. The fraction of sp³-hybridized carbons (Fsp3) is 0.208. The highest BCUT2D eigenvalue weighted by Gasteiger charge is 2.38. The van der Waals surface area contributed by atoms with E-state index in [-0.39, 0.29) is 17.7 Å². The van der Waals surface area contributed by atoms with Gasteiger partial charge in [-0.2, -0.15) is 26.3 Å². The summed E-state index contributed by atoms with van der Waals surface area (Å²) in [6.07, 6.45) is -7.19. The van der Waals surface area contributed by atoms with Gasteiger partial charge in [0.15, 0.2) is 5.13 Å². The van der Waals surface area contributed by atoms with Crippen LogP contribution in [0.25, 0.3) is 10.2 Å². The number of hydrogen-bond donors (Lipinski definition) is 0. The van der Waals surface area contributed by atoms with Crippen molar-refractivity contribution in [1.82, 2.24) is 9.97 Å². The zero-order valence-corrected chi connectivity index (χ0v) is 19.1. The average Bonchev–Trinajstić information content (AvgIpc) is 3.23. The number of benzene rings is 2. The van der Waals surface area contributed by atoms with Crippen LogP contribution in [-0.2, 0) is 18.9 Å². The van der Waals surface area contributed by atoms with Crippen LogP contribution in [0.4, 0.5) is 31.5 Å². The average molecular weight is 509 g/mol. The van der Waals surface area contributed by atoms with Crippen molar-refractivity contribution in [3.05, 3.63) is 88.2 Å². The number of nitrogens with zero attached hydrogens (tertiary/aromatic N) is 3.